The summed E-state index contributed by atoms with van der Waals surface area (Å²) in [5.74, 6) is 2.64. The fourth-order valence-electron chi connectivity index (χ4n) is 7.56. The fourth-order valence-corrected chi connectivity index (χ4v) is 8.58. The van der Waals surface area contributed by atoms with Crippen LogP contribution < -0.4 is 0 Å². The van der Waals surface area contributed by atoms with Gasteiger partial charge in [0, 0.05) is 12.8 Å². The molecule has 0 heterocycles. The number of hydrogen-bond donors (Lipinski definition) is 0. The smallest absolute Gasteiger partial charge is 0.186 e. The van der Waals surface area contributed by atoms with Gasteiger partial charge in [-0.05, 0) is 86.5 Å². The zero-order valence-corrected chi connectivity index (χ0v) is 17.9. The molecule has 0 radical (unpaired) electrons. The van der Waals surface area contributed by atoms with Crippen molar-refractivity contribution in [3.05, 3.63) is 11.6 Å². The van der Waals surface area contributed by atoms with Crippen molar-refractivity contribution in [2.24, 2.45) is 34.5 Å². The summed E-state index contributed by atoms with van der Waals surface area (Å²) in [5.41, 5.74) is 1.54. The molecule has 0 spiro atoms. The Morgan fingerprint density at radius 1 is 1.07 bits per heavy atom. The molecule has 0 aromatic rings. The highest BCUT2D eigenvalue weighted by Gasteiger charge is 2.60. The number of hydrogen-bond acceptors (Lipinski definition) is 4. The maximum atomic E-state index is 12.6. The maximum Gasteiger partial charge on any atom is 0.186 e. The van der Waals surface area contributed by atoms with E-state index in [0.717, 1.165) is 38.5 Å². The quantitative estimate of drug-likeness (QED) is 0.669. The Morgan fingerprint density at radius 3 is 2.48 bits per heavy atom. The lowest BCUT2D eigenvalue weighted by Gasteiger charge is -2.58. The molecule has 4 aliphatic carbocycles. The van der Waals surface area contributed by atoms with Crippen LogP contribution in [0.5, 0.6) is 0 Å². The molecule has 1 unspecified atom stereocenters. The number of ketones is 2. The van der Waals surface area contributed by atoms with E-state index < -0.39 is 0 Å². The number of carbonyl (C=O) groups excluding carboxylic acids is 3. The molecular weight excluding hydrogens is 356 g/mol. The first kappa shape index (κ1) is 19.4. The lowest BCUT2D eigenvalue weighted by Crippen LogP contribution is -2.52. The van der Waals surface area contributed by atoms with Crippen molar-refractivity contribution < 1.29 is 14.4 Å². The average molecular weight is 389 g/mol. The van der Waals surface area contributed by atoms with Gasteiger partial charge in [0.25, 0.3) is 0 Å². The Morgan fingerprint density at radius 2 is 1.81 bits per heavy atom. The van der Waals surface area contributed by atoms with Crippen molar-refractivity contribution in [3.8, 4) is 0 Å². The Hall–Kier alpha value is -0.900. The topological polar surface area (TPSA) is 51.2 Å². The molecule has 3 saturated carbocycles. The van der Waals surface area contributed by atoms with E-state index >= 15 is 0 Å². The van der Waals surface area contributed by atoms with Crippen molar-refractivity contribution in [3.63, 3.8) is 0 Å². The normalized spacial score (nSPS) is 46.1. The van der Waals surface area contributed by atoms with Crippen LogP contribution in [0, 0.1) is 34.5 Å². The maximum absolute atomic E-state index is 12.6. The molecular formula is C23H32O3S. The minimum Gasteiger partial charge on any atom is -0.300 e. The van der Waals surface area contributed by atoms with E-state index in [1.165, 1.54) is 23.8 Å². The number of thioether (sulfide) groups is 1. The van der Waals surface area contributed by atoms with Crippen LogP contribution in [0.1, 0.15) is 72.6 Å². The monoisotopic (exact) mass is 388 g/mol. The number of allylic oxidation sites excluding steroid dienone is 1. The second-order valence-electron chi connectivity index (χ2n) is 9.99. The number of carbonyl (C=O) groups is 3. The predicted molar refractivity (Wildman–Crippen MR) is 108 cm³/mol. The largest absolute Gasteiger partial charge is 0.300 e. The highest BCUT2D eigenvalue weighted by Crippen LogP contribution is 2.67. The van der Waals surface area contributed by atoms with Crippen LogP contribution >= 0.6 is 11.8 Å². The zero-order valence-electron chi connectivity index (χ0n) is 17.0. The van der Waals surface area contributed by atoms with Gasteiger partial charge in [-0.25, -0.2) is 0 Å². The van der Waals surface area contributed by atoms with Gasteiger partial charge in [0.2, 0.25) is 0 Å². The summed E-state index contributed by atoms with van der Waals surface area (Å²) in [4.78, 5) is 36.5. The molecule has 148 valence electrons. The fraction of sp³-hybridized carbons (Fsp3) is 0.783. The Labute approximate surface area is 167 Å². The van der Waals surface area contributed by atoms with Crippen LogP contribution in [-0.4, -0.2) is 21.9 Å². The minimum absolute atomic E-state index is 0.0393. The van der Waals surface area contributed by atoms with Crippen LogP contribution in [0.2, 0.25) is 0 Å². The van der Waals surface area contributed by atoms with Gasteiger partial charge in [-0.3, -0.25) is 14.4 Å². The predicted octanol–water partition coefficient (Wildman–Crippen LogP) is 4.98. The summed E-state index contributed by atoms with van der Waals surface area (Å²) in [5, 5.41) is -0.172. The molecule has 0 N–H and O–H groups in total. The molecule has 0 amide bonds. The molecule has 7 atom stereocenters. The van der Waals surface area contributed by atoms with Crippen LogP contribution in [0.4, 0.5) is 0 Å². The Kier molecular flexibility index (Phi) is 4.73. The molecule has 0 aromatic heterocycles. The van der Waals surface area contributed by atoms with Crippen molar-refractivity contribution >= 4 is 28.4 Å². The average Bonchev–Trinajstić information content (AvgIpc) is 2.93. The summed E-state index contributed by atoms with van der Waals surface area (Å²) < 4.78 is 0. The van der Waals surface area contributed by atoms with Crippen molar-refractivity contribution in [2.75, 3.05) is 0 Å². The molecule has 0 bridgehead atoms. The Balaban J connectivity index is 1.64. The van der Waals surface area contributed by atoms with Crippen LogP contribution in [0.3, 0.4) is 0 Å². The lowest BCUT2D eigenvalue weighted by atomic mass is 9.46. The molecule has 27 heavy (non-hydrogen) atoms. The van der Waals surface area contributed by atoms with Gasteiger partial charge in [-0.15, -0.1) is 0 Å². The van der Waals surface area contributed by atoms with Crippen molar-refractivity contribution in [2.45, 2.75) is 77.9 Å². The third-order valence-corrected chi connectivity index (χ3v) is 9.79. The SMILES string of the molecule is CC(=O)SC1C[C@@]2(C)C(=CC1=O)CC[C@H]1[C@@H]3CC[C@H](C(C)=O)[C@@]3(C)CC[C@@H]12. The standard InChI is InChI=1S/C23H32O3S/c1-13(24)17-7-8-18-16-6-5-15-11-20(26)21(27-14(2)25)12-23(15,4)19(16)9-10-22(17,18)3/h11,16-19,21H,5-10,12H2,1-4H3/t16-,17+,18-,19-,21?,22+,23-/m0/s1. The van der Waals surface area contributed by atoms with Crippen LogP contribution in [0.25, 0.3) is 0 Å². The molecule has 0 aliphatic heterocycles. The molecule has 3 fully saturated rings. The minimum atomic E-state index is -0.211. The lowest BCUT2D eigenvalue weighted by molar-refractivity contribution is -0.128. The first-order chi connectivity index (χ1) is 12.7. The number of fused-ring (bicyclic) bond motifs is 5. The number of Topliss-reactive ketones (excluding diaryl/α,β-unsaturated/α-hetero) is 1. The summed E-state index contributed by atoms with van der Waals surface area (Å²) >= 11 is 1.22. The molecule has 4 heteroatoms. The molecule has 4 rings (SSSR count). The zero-order chi connectivity index (χ0) is 19.6. The van der Waals surface area contributed by atoms with Gasteiger partial charge in [0.15, 0.2) is 10.9 Å². The Bertz CT molecular complexity index is 725. The van der Waals surface area contributed by atoms with Gasteiger partial charge in [0.05, 0.1) is 5.25 Å². The van der Waals surface area contributed by atoms with E-state index in [4.69, 9.17) is 0 Å². The number of rotatable bonds is 2. The van der Waals surface area contributed by atoms with Crippen molar-refractivity contribution in [1.82, 2.24) is 0 Å². The molecule has 3 nitrogen and oxygen atoms in total. The van der Waals surface area contributed by atoms with Gasteiger partial charge >= 0.3 is 0 Å². The van der Waals surface area contributed by atoms with E-state index in [1.807, 2.05) is 6.08 Å². The summed E-state index contributed by atoms with van der Waals surface area (Å²) in [6.45, 7) is 8.08. The van der Waals surface area contributed by atoms with Crippen LogP contribution in [0.15, 0.2) is 11.6 Å². The third kappa shape index (κ3) is 2.89. The van der Waals surface area contributed by atoms with E-state index in [1.54, 1.807) is 13.8 Å². The highest BCUT2D eigenvalue weighted by molar-refractivity contribution is 8.14. The second kappa shape index (κ2) is 6.57. The van der Waals surface area contributed by atoms with E-state index in [0.29, 0.717) is 23.5 Å². The van der Waals surface area contributed by atoms with Gasteiger partial charge < -0.3 is 0 Å². The van der Waals surface area contributed by atoms with Crippen LogP contribution in [-0.2, 0) is 14.4 Å². The van der Waals surface area contributed by atoms with Gasteiger partial charge in [-0.1, -0.05) is 31.2 Å². The van der Waals surface area contributed by atoms with Gasteiger partial charge in [0.1, 0.15) is 5.78 Å². The van der Waals surface area contributed by atoms with E-state index in [2.05, 4.69) is 13.8 Å². The second-order valence-corrected chi connectivity index (χ2v) is 11.4. The molecule has 0 aromatic carbocycles. The van der Waals surface area contributed by atoms with E-state index in [-0.39, 0.29) is 32.9 Å². The first-order valence-corrected chi connectivity index (χ1v) is 11.5. The summed E-state index contributed by atoms with van der Waals surface area (Å²) in [6, 6.07) is 0. The van der Waals surface area contributed by atoms with E-state index in [9.17, 15) is 14.4 Å². The van der Waals surface area contributed by atoms with Gasteiger partial charge in [-0.2, -0.15) is 0 Å². The summed E-state index contributed by atoms with van der Waals surface area (Å²) in [6.07, 6.45) is 9.39. The molecule has 4 aliphatic rings. The third-order valence-electron chi connectivity index (χ3n) is 8.78. The summed E-state index contributed by atoms with van der Waals surface area (Å²) in [7, 11) is 0. The molecule has 0 saturated heterocycles. The highest BCUT2D eigenvalue weighted by atomic mass is 32.2. The van der Waals surface area contributed by atoms with Crippen molar-refractivity contribution in [1.29, 1.82) is 0 Å². The first-order valence-electron chi connectivity index (χ1n) is 10.6.